The van der Waals surface area contributed by atoms with E-state index in [1.807, 2.05) is 6.92 Å². The van der Waals surface area contributed by atoms with Crippen molar-refractivity contribution in [3.63, 3.8) is 0 Å². The zero-order valence-electron chi connectivity index (χ0n) is 9.91. The Labute approximate surface area is 117 Å². The van der Waals surface area contributed by atoms with Gasteiger partial charge >= 0.3 is 0 Å². The van der Waals surface area contributed by atoms with Crippen LogP contribution < -0.4 is 4.74 Å². The number of aryl methyl sites for hydroxylation is 1. The van der Waals surface area contributed by atoms with Gasteiger partial charge in [-0.05, 0) is 41.1 Å². The largest absolute Gasteiger partial charge is 0.496 e. The number of aliphatic hydroxyl groups is 1. The highest BCUT2D eigenvalue weighted by atomic mass is 79.9. The van der Waals surface area contributed by atoms with Crippen molar-refractivity contribution >= 4 is 27.3 Å². The molecule has 0 saturated carbocycles. The molecule has 0 aliphatic carbocycles. The smallest absolute Gasteiger partial charge is 0.133 e. The fourth-order valence-corrected chi connectivity index (χ4v) is 3.28. The Balaban J connectivity index is 2.48. The first-order valence-corrected chi connectivity index (χ1v) is 6.91. The lowest BCUT2D eigenvalue weighted by molar-refractivity contribution is 0.212. The Kier molecular flexibility index (Phi) is 4.04. The molecule has 1 heterocycles. The van der Waals surface area contributed by atoms with E-state index in [1.54, 1.807) is 18.2 Å². The molecule has 1 atom stereocenters. The van der Waals surface area contributed by atoms with Crippen molar-refractivity contribution in [2.24, 2.45) is 0 Å². The molecular weight excluding hydrogens is 319 g/mol. The second-order valence-electron chi connectivity index (χ2n) is 3.81. The molecule has 1 aromatic heterocycles. The minimum atomic E-state index is -1.02. The molecule has 2 nitrogen and oxygen atoms in total. The van der Waals surface area contributed by atoms with Gasteiger partial charge in [0.25, 0.3) is 0 Å². The Hall–Kier alpha value is -0.910. The average molecular weight is 331 g/mol. The Bertz CT molecular complexity index is 549. The summed E-state index contributed by atoms with van der Waals surface area (Å²) in [6.07, 6.45) is -1.02. The highest BCUT2D eigenvalue weighted by Crippen LogP contribution is 2.37. The SMILES string of the molecule is COc1cccc(F)c1C(O)c1cc(Br)c(C)s1. The molecule has 0 aliphatic rings. The van der Waals surface area contributed by atoms with Gasteiger partial charge in [0.1, 0.15) is 17.7 Å². The lowest BCUT2D eigenvalue weighted by Gasteiger charge is -2.14. The van der Waals surface area contributed by atoms with Crippen molar-refractivity contribution in [2.75, 3.05) is 7.11 Å². The fourth-order valence-electron chi connectivity index (χ4n) is 1.72. The number of aliphatic hydroxyl groups excluding tert-OH is 1. The molecule has 0 amide bonds. The van der Waals surface area contributed by atoms with Crippen molar-refractivity contribution in [3.8, 4) is 5.75 Å². The summed E-state index contributed by atoms with van der Waals surface area (Å²) < 4.78 is 19.8. The van der Waals surface area contributed by atoms with Gasteiger partial charge in [0.15, 0.2) is 0 Å². The number of hydrogen-bond acceptors (Lipinski definition) is 3. The van der Waals surface area contributed by atoms with Crippen LogP contribution in [0, 0.1) is 12.7 Å². The van der Waals surface area contributed by atoms with Crippen LogP contribution in [0.25, 0.3) is 0 Å². The summed E-state index contributed by atoms with van der Waals surface area (Å²) in [4.78, 5) is 1.72. The summed E-state index contributed by atoms with van der Waals surface area (Å²) in [5.74, 6) is -0.117. The zero-order valence-corrected chi connectivity index (χ0v) is 12.3. The first-order chi connectivity index (χ1) is 8.54. The van der Waals surface area contributed by atoms with Gasteiger partial charge in [-0.1, -0.05) is 6.07 Å². The molecular formula is C13H12BrFO2S. The van der Waals surface area contributed by atoms with Crippen molar-refractivity contribution < 1.29 is 14.2 Å². The lowest BCUT2D eigenvalue weighted by Crippen LogP contribution is -2.03. The maximum Gasteiger partial charge on any atom is 0.133 e. The van der Waals surface area contributed by atoms with Gasteiger partial charge in [-0.15, -0.1) is 11.3 Å². The number of methoxy groups -OCH3 is 1. The average Bonchev–Trinajstić information content (AvgIpc) is 2.68. The number of halogens is 2. The fraction of sp³-hybridized carbons (Fsp3) is 0.231. The molecule has 0 aliphatic heterocycles. The summed E-state index contributed by atoms with van der Waals surface area (Å²) in [6.45, 7) is 1.93. The molecule has 0 saturated heterocycles. The van der Waals surface area contributed by atoms with E-state index in [-0.39, 0.29) is 5.56 Å². The van der Waals surface area contributed by atoms with Gasteiger partial charge in [-0.2, -0.15) is 0 Å². The molecule has 1 N–H and O–H groups in total. The summed E-state index contributed by atoms with van der Waals surface area (Å²) in [5.41, 5.74) is 0.175. The number of rotatable bonds is 3. The molecule has 2 rings (SSSR count). The molecule has 18 heavy (non-hydrogen) atoms. The second-order valence-corrected chi connectivity index (χ2v) is 5.95. The molecule has 2 aromatic rings. The van der Waals surface area contributed by atoms with Crippen LogP contribution in [0.15, 0.2) is 28.7 Å². The first-order valence-electron chi connectivity index (χ1n) is 5.31. The van der Waals surface area contributed by atoms with Crippen LogP contribution in [0.2, 0.25) is 0 Å². The van der Waals surface area contributed by atoms with E-state index in [0.717, 1.165) is 9.35 Å². The summed E-state index contributed by atoms with van der Waals surface area (Å²) >= 11 is 4.81. The minimum Gasteiger partial charge on any atom is -0.496 e. The number of thiophene rings is 1. The normalized spacial score (nSPS) is 12.5. The van der Waals surface area contributed by atoms with Gasteiger partial charge in [0.05, 0.1) is 12.7 Å². The molecule has 5 heteroatoms. The predicted molar refractivity (Wildman–Crippen MR) is 73.8 cm³/mol. The van der Waals surface area contributed by atoms with E-state index in [9.17, 15) is 9.50 Å². The van der Waals surface area contributed by atoms with E-state index >= 15 is 0 Å². The van der Waals surface area contributed by atoms with E-state index in [0.29, 0.717) is 10.6 Å². The van der Waals surface area contributed by atoms with Crippen molar-refractivity contribution in [1.82, 2.24) is 0 Å². The van der Waals surface area contributed by atoms with E-state index in [2.05, 4.69) is 15.9 Å². The highest BCUT2D eigenvalue weighted by Gasteiger charge is 2.22. The molecule has 0 radical (unpaired) electrons. The van der Waals surface area contributed by atoms with Gasteiger partial charge in [0.2, 0.25) is 0 Å². The summed E-state index contributed by atoms with van der Waals surface area (Å²) in [6, 6.07) is 6.31. The van der Waals surface area contributed by atoms with Crippen LogP contribution in [0.1, 0.15) is 21.4 Å². The van der Waals surface area contributed by atoms with Crippen molar-refractivity contribution in [1.29, 1.82) is 0 Å². The van der Waals surface area contributed by atoms with E-state index in [1.165, 1.54) is 24.5 Å². The molecule has 1 aromatic carbocycles. The third-order valence-electron chi connectivity index (χ3n) is 2.65. The van der Waals surface area contributed by atoms with Crippen LogP contribution in [0.3, 0.4) is 0 Å². The van der Waals surface area contributed by atoms with Crippen LogP contribution in [0.5, 0.6) is 5.75 Å². The van der Waals surface area contributed by atoms with Gasteiger partial charge in [-0.25, -0.2) is 4.39 Å². The van der Waals surface area contributed by atoms with Crippen molar-refractivity contribution in [2.45, 2.75) is 13.0 Å². The predicted octanol–water partition coefficient (Wildman–Crippen LogP) is 4.05. The number of benzene rings is 1. The monoisotopic (exact) mass is 330 g/mol. The van der Waals surface area contributed by atoms with Gasteiger partial charge < -0.3 is 9.84 Å². The standard InChI is InChI=1S/C13H12BrFO2S/c1-7-8(14)6-11(18-7)13(16)12-9(15)4-3-5-10(12)17-2/h3-6,13,16H,1-2H3. The first kappa shape index (κ1) is 13.5. The zero-order chi connectivity index (χ0) is 13.3. The minimum absolute atomic E-state index is 0.175. The molecule has 96 valence electrons. The van der Waals surface area contributed by atoms with Gasteiger partial charge in [-0.3, -0.25) is 0 Å². The van der Waals surface area contributed by atoms with Crippen LogP contribution in [0.4, 0.5) is 4.39 Å². The molecule has 1 unspecified atom stereocenters. The summed E-state index contributed by atoms with van der Waals surface area (Å²) in [5, 5.41) is 10.3. The highest BCUT2D eigenvalue weighted by molar-refractivity contribution is 9.10. The Morgan fingerprint density at radius 2 is 2.17 bits per heavy atom. The lowest BCUT2D eigenvalue weighted by atomic mass is 10.1. The molecule has 0 fully saturated rings. The van der Waals surface area contributed by atoms with E-state index in [4.69, 9.17) is 4.74 Å². The maximum atomic E-state index is 13.8. The quantitative estimate of drug-likeness (QED) is 0.919. The van der Waals surface area contributed by atoms with E-state index < -0.39 is 11.9 Å². The van der Waals surface area contributed by atoms with Crippen LogP contribution >= 0.6 is 27.3 Å². The number of hydrogen-bond donors (Lipinski definition) is 1. The van der Waals surface area contributed by atoms with Crippen LogP contribution in [-0.2, 0) is 0 Å². The topological polar surface area (TPSA) is 29.5 Å². The third kappa shape index (κ3) is 2.43. The second kappa shape index (κ2) is 5.38. The Morgan fingerprint density at radius 1 is 1.44 bits per heavy atom. The molecule has 0 spiro atoms. The molecule has 0 bridgehead atoms. The summed E-state index contributed by atoms with van der Waals surface area (Å²) in [7, 11) is 1.46. The number of ether oxygens (including phenoxy) is 1. The van der Waals surface area contributed by atoms with Gasteiger partial charge in [0, 0.05) is 14.2 Å². The van der Waals surface area contributed by atoms with Crippen molar-refractivity contribution in [3.05, 3.63) is 49.9 Å². The maximum absolute atomic E-state index is 13.8. The third-order valence-corrected chi connectivity index (χ3v) is 4.84. The Morgan fingerprint density at radius 3 is 2.72 bits per heavy atom. The van der Waals surface area contributed by atoms with Crippen LogP contribution in [-0.4, -0.2) is 12.2 Å².